The smallest absolute Gasteiger partial charge is 0.123 e. The molecule has 0 bridgehead atoms. The minimum Gasteiger partial charge on any atom is -0.301 e. The summed E-state index contributed by atoms with van der Waals surface area (Å²) in [6, 6.07) is 21.4. The van der Waals surface area contributed by atoms with Gasteiger partial charge in [0.2, 0.25) is 0 Å². The lowest BCUT2D eigenvalue weighted by Crippen LogP contribution is -2.21. The highest BCUT2D eigenvalue weighted by atomic mass is 32.1. The molecule has 21 heavy (non-hydrogen) atoms. The summed E-state index contributed by atoms with van der Waals surface area (Å²) in [4.78, 5) is 1.28. The molecule has 3 heteroatoms. The molecule has 0 aliphatic carbocycles. The zero-order valence-electron chi connectivity index (χ0n) is 11.5. The lowest BCUT2D eigenvalue weighted by molar-refractivity contribution is 0.606. The van der Waals surface area contributed by atoms with Gasteiger partial charge < -0.3 is 5.32 Å². The van der Waals surface area contributed by atoms with Crippen LogP contribution in [0.25, 0.3) is 0 Å². The van der Waals surface area contributed by atoms with E-state index in [1.807, 2.05) is 18.2 Å². The molecule has 3 aromatic rings. The summed E-state index contributed by atoms with van der Waals surface area (Å²) in [6.45, 7) is 0.706. The number of hydrogen-bond acceptors (Lipinski definition) is 2. The van der Waals surface area contributed by atoms with Crippen molar-refractivity contribution in [2.24, 2.45) is 0 Å². The quantitative estimate of drug-likeness (QED) is 0.715. The highest BCUT2D eigenvalue weighted by molar-refractivity contribution is 7.10. The average Bonchev–Trinajstić information content (AvgIpc) is 3.05. The van der Waals surface area contributed by atoms with Crippen LogP contribution >= 0.6 is 11.3 Å². The molecule has 1 N–H and O–H groups in total. The lowest BCUT2D eigenvalue weighted by atomic mass is 10.0. The number of benzene rings is 2. The Morgan fingerprint density at radius 1 is 0.905 bits per heavy atom. The molecular formula is C18H16FNS. The van der Waals surface area contributed by atoms with Crippen molar-refractivity contribution in [3.05, 3.63) is 93.9 Å². The van der Waals surface area contributed by atoms with Gasteiger partial charge in [0.15, 0.2) is 0 Å². The van der Waals surface area contributed by atoms with Crippen LogP contribution in [0.15, 0.2) is 72.1 Å². The van der Waals surface area contributed by atoms with E-state index < -0.39 is 0 Å². The fourth-order valence-electron chi connectivity index (χ4n) is 2.31. The van der Waals surface area contributed by atoms with Crippen LogP contribution in [0.1, 0.15) is 22.0 Å². The highest BCUT2D eigenvalue weighted by Crippen LogP contribution is 2.26. The van der Waals surface area contributed by atoms with Gasteiger partial charge in [0.05, 0.1) is 6.04 Å². The maximum Gasteiger partial charge on any atom is 0.123 e. The number of thiophene rings is 1. The van der Waals surface area contributed by atoms with Gasteiger partial charge in [-0.3, -0.25) is 0 Å². The molecule has 0 aliphatic rings. The Hall–Kier alpha value is -1.97. The predicted octanol–water partition coefficient (Wildman–Crippen LogP) is 4.77. The van der Waals surface area contributed by atoms with E-state index in [1.54, 1.807) is 11.3 Å². The SMILES string of the molecule is Fc1ccc(CNC(c2ccccc2)c2cccs2)cc1. The summed E-state index contributed by atoms with van der Waals surface area (Å²) in [5, 5.41) is 5.65. The summed E-state index contributed by atoms with van der Waals surface area (Å²) >= 11 is 1.74. The largest absolute Gasteiger partial charge is 0.301 e. The Bertz CT molecular complexity index is 662. The topological polar surface area (TPSA) is 12.0 Å². The standard InChI is InChI=1S/C18H16FNS/c19-16-10-8-14(9-11-16)13-20-18(17-7-4-12-21-17)15-5-2-1-3-6-15/h1-12,18,20H,13H2. The van der Waals surface area contributed by atoms with Crippen LogP contribution in [-0.4, -0.2) is 0 Å². The molecule has 0 aliphatic heterocycles. The van der Waals surface area contributed by atoms with Crippen LogP contribution in [0.5, 0.6) is 0 Å². The Labute approximate surface area is 128 Å². The minimum atomic E-state index is -0.198. The van der Waals surface area contributed by atoms with Gasteiger partial charge in [0.25, 0.3) is 0 Å². The Kier molecular flexibility index (Phi) is 4.43. The molecule has 106 valence electrons. The van der Waals surface area contributed by atoms with Gasteiger partial charge in [-0.1, -0.05) is 48.5 Å². The molecule has 0 saturated heterocycles. The number of halogens is 1. The fraction of sp³-hybridized carbons (Fsp3) is 0.111. The van der Waals surface area contributed by atoms with Crippen molar-refractivity contribution in [3.63, 3.8) is 0 Å². The molecule has 0 saturated carbocycles. The molecule has 2 aromatic carbocycles. The second-order valence-electron chi connectivity index (χ2n) is 4.87. The van der Waals surface area contributed by atoms with Crippen molar-refractivity contribution in [1.82, 2.24) is 5.32 Å². The van der Waals surface area contributed by atoms with Gasteiger partial charge in [-0.2, -0.15) is 0 Å². The van der Waals surface area contributed by atoms with E-state index in [9.17, 15) is 4.39 Å². The van der Waals surface area contributed by atoms with E-state index in [2.05, 4.69) is 47.1 Å². The Morgan fingerprint density at radius 2 is 1.67 bits per heavy atom. The third kappa shape index (κ3) is 3.57. The number of rotatable bonds is 5. The van der Waals surface area contributed by atoms with Crippen molar-refractivity contribution in [3.8, 4) is 0 Å². The second-order valence-corrected chi connectivity index (χ2v) is 5.85. The molecule has 1 nitrogen and oxygen atoms in total. The van der Waals surface area contributed by atoms with Gasteiger partial charge in [-0.15, -0.1) is 11.3 Å². The molecule has 1 aromatic heterocycles. The minimum absolute atomic E-state index is 0.163. The van der Waals surface area contributed by atoms with Gasteiger partial charge in [-0.05, 0) is 34.7 Å². The zero-order chi connectivity index (χ0) is 14.5. The van der Waals surface area contributed by atoms with E-state index >= 15 is 0 Å². The van der Waals surface area contributed by atoms with Crippen LogP contribution in [0.4, 0.5) is 4.39 Å². The van der Waals surface area contributed by atoms with E-state index in [1.165, 1.54) is 22.6 Å². The third-order valence-corrected chi connectivity index (χ3v) is 4.32. The third-order valence-electron chi connectivity index (χ3n) is 3.38. The first-order valence-electron chi connectivity index (χ1n) is 6.89. The first-order valence-corrected chi connectivity index (χ1v) is 7.77. The van der Waals surface area contributed by atoms with Gasteiger partial charge in [0, 0.05) is 11.4 Å². The molecule has 1 unspecified atom stereocenters. The maximum atomic E-state index is 13.0. The van der Waals surface area contributed by atoms with Crippen LogP contribution in [0, 0.1) is 5.82 Å². The van der Waals surface area contributed by atoms with E-state index in [-0.39, 0.29) is 11.9 Å². The highest BCUT2D eigenvalue weighted by Gasteiger charge is 2.14. The molecule has 1 atom stereocenters. The van der Waals surface area contributed by atoms with Crippen molar-refractivity contribution >= 4 is 11.3 Å². The number of hydrogen-bond donors (Lipinski definition) is 1. The molecule has 0 amide bonds. The number of nitrogens with one attached hydrogen (secondary N) is 1. The van der Waals surface area contributed by atoms with Gasteiger partial charge in [-0.25, -0.2) is 4.39 Å². The molecule has 0 spiro atoms. The first kappa shape index (κ1) is 14.0. The molecule has 3 rings (SSSR count). The second kappa shape index (κ2) is 6.66. The van der Waals surface area contributed by atoms with Gasteiger partial charge in [0.1, 0.15) is 5.82 Å². The average molecular weight is 297 g/mol. The van der Waals surface area contributed by atoms with E-state index in [0.29, 0.717) is 6.54 Å². The van der Waals surface area contributed by atoms with Crippen LogP contribution in [0.2, 0.25) is 0 Å². The predicted molar refractivity (Wildman–Crippen MR) is 85.8 cm³/mol. The van der Waals surface area contributed by atoms with Crippen molar-refractivity contribution < 1.29 is 4.39 Å². The summed E-state index contributed by atoms with van der Waals surface area (Å²) in [5.41, 5.74) is 2.32. The van der Waals surface area contributed by atoms with Gasteiger partial charge >= 0.3 is 0 Å². The van der Waals surface area contributed by atoms with Crippen molar-refractivity contribution in [2.45, 2.75) is 12.6 Å². The Morgan fingerprint density at radius 3 is 2.33 bits per heavy atom. The van der Waals surface area contributed by atoms with Crippen LogP contribution in [-0.2, 0) is 6.54 Å². The molecule has 0 radical (unpaired) electrons. The fourth-order valence-corrected chi connectivity index (χ4v) is 3.13. The van der Waals surface area contributed by atoms with Crippen LogP contribution in [0.3, 0.4) is 0 Å². The summed E-state index contributed by atoms with van der Waals surface area (Å²) in [5.74, 6) is -0.198. The van der Waals surface area contributed by atoms with Crippen molar-refractivity contribution in [2.75, 3.05) is 0 Å². The lowest BCUT2D eigenvalue weighted by Gasteiger charge is -2.18. The van der Waals surface area contributed by atoms with E-state index in [4.69, 9.17) is 0 Å². The Balaban J connectivity index is 1.78. The van der Waals surface area contributed by atoms with E-state index in [0.717, 1.165) is 5.56 Å². The first-order chi connectivity index (χ1) is 10.3. The summed E-state index contributed by atoms with van der Waals surface area (Å²) < 4.78 is 13.0. The zero-order valence-corrected chi connectivity index (χ0v) is 12.3. The summed E-state index contributed by atoms with van der Waals surface area (Å²) in [7, 11) is 0. The summed E-state index contributed by atoms with van der Waals surface area (Å²) in [6.07, 6.45) is 0. The van der Waals surface area contributed by atoms with Crippen LogP contribution < -0.4 is 5.32 Å². The van der Waals surface area contributed by atoms with Crippen molar-refractivity contribution in [1.29, 1.82) is 0 Å². The molecule has 1 heterocycles. The molecular weight excluding hydrogens is 281 g/mol. The maximum absolute atomic E-state index is 13.0. The monoisotopic (exact) mass is 297 g/mol. The molecule has 0 fully saturated rings. The normalized spacial score (nSPS) is 12.2.